The molecule has 0 aliphatic carbocycles. The van der Waals surface area contributed by atoms with E-state index >= 15 is 0 Å². The molecule has 0 bridgehead atoms. The Labute approximate surface area is 107 Å². The molecule has 1 saturated heterocycles. The summed E-state index contributed by atoms with van der Waals surface area (Å²) in [5.41, 5.74) is 2.98. The third-order valence-corrected chi connectivity index (χ3v) is 3.77. The van der Waals surface area contributed by atoms with E-state index in [1.54, 1.807) is 0 Å². The Hall–Kier alpha value is -1.14. The summed E-state index contributed by atoms with van der Waals surface area (Å²) < 4.78 is 5.85. The van der Waals surface area contributed by atoms with E-state index in [9.17, 15) is 0 Å². The second-order valence-electron chi connectivity index (χ2n) is 5.10. The first kappa shape index (κ1) is 11.9. The summed E-state index contributed by atoms with van der Waals surface area (Å²) in [5.74, 6) is 1.14. The van der Waals surface area contributed by atoms with Crippen molar-refractivity contribution in [3.05, 3.63) is 0 Å². The van der Waals surface area contributed by atoms with Crippen molar-refractivity contribution in [3.8, 4) is 0 Å². The Morgan fingerprint density at radius 2 is 2.56 bits per heavy atom. The molecule has 0 aromatic rings. The van der Waals surface area contributed by atoms with E-state index in [0.717, 1.165) is 44.9 Å². The lowest BCUT2D eigenvalue weighted by Gasteiger charge is -2.30. The molecule has 3 atom stereocenters. The zero-order chi connectivity index (χ0) is 12.4. The maximum Gasteiger partial charge on any atom is 0.119 e. The van der Waals surface area contributed by atoms with Gasteiger partial charge in [0.15, 0.2) is 0 Å². The number of nitrogens with zero attached hydrogens (tertiary/aromatic N) is 3. The SMILES string of the molecule is CN1CCN=C1C(NC1C=NNC1)C1CCCO1. The number of hydrazone groups is 1. The standard InChI is InChI=1S/C12H21N5O/c1-17-5-4-13-12(17)11(10-3-2-6-18-10)16-9-7-14-15-8-9/h7,9-11,15-16H,2-6,8H2,1H3. The Morgan fingerprint density at radius 1 is 1.61 bits per heavy atom. The van der Waals surface area contributed by atoms with Crippen molar-refractivity contribution in [3.63, 3.8) is 0 Å². The van der Waals surface area contributed by atoms with Gasteiger partial charge in [-0.3, -0.25) is 10.3 Å². The van der Waals surface area contributed by atoms with Gasteiger partial charge in [0.25, 0.3) is 0 Å². The van der Waals surface area contributed by atoms with Crippen LogP contribution in [0.5, 0.6) is 0 Å². The quantitative estimate of drug-likeness (QED) is 0.702. The van der Waals surface area contributed by atoms with Gasteiger partial charge in [0.1, 0.15) is 5.84 Å². The number of amidine groups is 1. The van der Waals surface area contributed by atoms with Crippen LogP contribution in [0.3, 0.4) is 0 Å². The Bertz CT molecular complexity index is 350. The van der Waals surface area contributed by atoms with Crippen LogP contribution in [0.1, 0.15) is 12.8 Å². The second-order valence-corrected chi connectivity index (χ2v) is 5.10. The van der Waals surface area contributed by atoms with Crippen LogP contribution in [0.15, 0.2) is 10.1 Å². The third-order valence-electron chi connectivity index (χ3n) is 3.77. The lowest BCUT2D eigenvalue weighted by Crippen LogP contribution is -2.54. The predicted octanol–water partition coefficient (Wildman–Crippen LogP) is -0.575. The Morgan fingerprint density at radius 3 is 3.17 bits per heavy atom. The van der Waals surface area contributed by atoms with Crippen LogP contribution >= 0.6 is 0 Å². The summed E-state index contributed by atoms with van der Waals surface area (Å²) in [6, 6.07) is 0.465. The average Bonchev–Trinajstić information content (AvgIpc) is 3.09. The third kappa shape index (κ3) is 2.35. The van der Waals surface area contributed by atoms with Gasteiger partial charge in [-0.25, -0.2) is 0 Å². The molecule has 0 aromatic carbocycles. The molecule has 3 rings (SSSR count). The predicted molar refractivity (Wildman–Crippen MR) is 71.1 cm³/mol. The van der Waals surface area contributed by atoms with E-state index in [1.165, 1.54) is 0 Å². The van der Waals surface area contributed by atoms with E-state index in [-0.39, 0.29) is 18.2 Å². The van der Waals surface area contributed by atoms with E-state index in [0.29, 0.717) is 0 Å². The minimum atomic E-state index is 0.191. The number of likely N-dealkylation sites (N-methyl/N-ethyl adjacent to an activating group) is 1. The Kier molecular flexibility index (Phi) is 3.47. The first-order valence-electron chi connectivity index (χ1n) is 6.74. The fraction of sp³-hybridized carbons (Fsp3) is 0.833. The van der Waals surface area contributed by atoms with E-state index < -0.39 is 0 Å². The van der Waals surface area contributed by atoms with Crippen LogP contribution in [0, 0.1) is 0 Å². The van der Waals surface area contributed by atoms with Crippen molar-refractivity contribution >= 4 is 12.1 Å². The van der Waals surface area contributed by atoms with E-state index in [1.807, 2.05) is 6.21 Å². The number of rotatable bonds is 4. The fourth-order valence-corrected chi connectivity index (χ4v) is 2.78. The molecule has 6 nitrogen and oxygen atoms in total. The van der Waals surface area contributed by atoms with Crippen LogP contribution in [0.2, 0.25) is 0 Å². The molecule has 0 amide bonds. The van der Waals surface area contributed by atoms with Crippen molar-refractivity contribution in [1.82, 2.24) is 15.6 Å². The van der Waals surface area contributed by atoms with Gasteiger partial charge in [-0.1, -0.05) is 0 Å². The smallest absolute Gasteiger partial charge is 0.119 e. The minimum absolute atomic E-state index is 0.191. The molecule has 1 fully saturated rings. The molecule has 3 unspecified atom stereocenters. The maximum atomic E-state index is 5.85. The highest BCUT2D eigenvalue weighted by molar-refractivity contribution is 5.89. The van der Waals surface area contributed by atoms with E-state index in [2.05, 4.69) is 32.8 Å². The van der Waals surface area contributed by atoms with Crippen molar-refractivity contribution in [2.75, 3.05) is 33.3 Å². The molecule has 0 radical (unpaired) electrons. The van der Waals surface area contributed by atoms with Gasteiger partial charge in [0.05, 0.1) is 31.3 Å². The van der Waals surface area contributed by atoms with Crippen LogP contribution in [0.4, 0.5) is 0 Å². The zero-order valence-corrected chi connectivity index (χ0v) is 10.8. The average molecular weight is 251 g/mol. The van der Waals surface area contributed by atoms with E-state index in [4.69, 9.17) is 4.74 Å². The molecule has 0 spiro atoms. The minimum Gasteiger partial charge on any atom is -0.376 e. The molecule has 3 aliphatic heterocycles. The van der Waals surface area contributed by atoms with Crippen LogP contribution < -0.4 is 10.7 Å². The van der Waals surface area contributed by atoms with Gasteiger partial charge in [-0.15, -0.1) is 0 Å². The summed E-state index contributed by atoms with van der Waals surface area (Å²) in [4.78, 5) is 6.87. The highest BCUT2D eigenvalue weighted by atomic mass is 16.5. The van der Waals surface area contributed by atoms with Gasteiger partial charge in [0, 0.05) is 26.4 Å². The Balaban J connectivity index is 1.72. The monoisotopic (exact) mass is 251 g/mol. The molecule has 6 heteroatoms. The first-order valence-corrected chi connectivity index (χ1v) is 6.74. The molecule has 18 heavy (non-hydrogen) atoms. The molecule has 0 saturated carbocycles. The topological polar surface area (TPSA) is 61.2 Å². The van der Waals surface area contributed by atoms with Crippen LogP contribution in [0.25, 0.3) is 0 Å². The second kappa shape index (κ2) is 5.24. The number of hydrogen-bond donors (Lipinski definition) is 2. The molecular formula is C12H21N5O. The summed E-state index contributed by atoms with van der Waals surface area (Å²) in [6.45, 7) is 3.63. The highest BCUT2D eigenvalue weighted by Gasteiger charge is 2.34. The van der Waals surface area contributed by atoms with Gasteiger partial charge in [0.2, 0.25) is 0 Å². The fourth-order valence-electron chi connectivity index (χ4n) is 2.78. The first-order chi connectivity index (χ1) is 8.84. The normalized spacial score (nSPS) is 32.7. The van der Waals surface area contributed by atoms with Gasteiger partial charge < -0.3 is 15.1 Å². The lowest BCUT2D eigenvalue weighted by atomic mass is 10.1. The van der Waals surface area contributed by atoms with Crippen LogP contribution in [-0.4, -0.2) is 68.4 Å². The number of hydrogen-bond acceptors (Lipinski definition) is 6. The summed E-state index contributed by atoms with van der Waals surface area (Å²) >= 11 is 0. The lowest BCUT2D eigenvalue weighted by molar-refractivity contribution is 0.0928. The molecule has 3 heterocycles. The molecule has 3 aliphatic rings. The number of ether oxygens (including phenoxy) is 1. The van der Waals surface area contributed by atoms with Gasteiger partial charge >= 0.3 is 0 Å². The summed E-state index contributed by atoms with van der Waals surface area (Å²) in [5, 5.41) is 7.68. The van der Waals surface area contributed by atoms with Crippen molar-refractivity contribution in [2.45, 2.75) is 31.0 Å². The molecule has 2 N–H and O–H groups in total. The van der Waals surface area contributed by atoms with Crippen molar-refractivity contribution in [2.24, 2.45) is 10.1 Å². The van der Waals surface area contributed by atoms with Crippen molar-refractivity contribution in [1.29, 1.82) is 0 Å². The van der Waals surface area contributed by atoms with Gasteiger partial charge in [-0.2, -0.15) is 5.10 Å². The largest absolute Gasteiger partial charge is 0.376 e. The van der Waals surface area contributed by atoms with Crippen LogP contribution in [-0.2, 0) is 4.74 Å². The highest BCUT2D eigenvalue weighted by Crippen LogP contribution is 2.19. The van der Waals surface area contributed by atoms with Crippen molar-refractivity contribution < 1.29 is 4.74 Å². The molecule has 100 valence electrons. The number of nitrogens with one attached hydrogen (secondary N) is 2. The maximum absolute atomic E-state index is 5.85. The van der Waals surface area contributed by atoms with Gasteiger partial charge in [-0.05, 0) is 12.8 Å². The zero-order valence-electron chi connectivity index (χ0n) is 10.8. The summed E-state index contributed by atoms with van der Waals surface area (Å²) in [7, 11) is 2.11. The molecule has 0 aromatic heterocycles. The summed E-state index contributed by atoms with van der Waals surface area (Å²) in [6.07, 6.45) is 4.44. The molecular weight excluding hydrogens is 230 g/mol. The number of aliphatic imine (C=N–C) groups is 1.